The first-order valence-corrected chi connectivity index (χ1v) is 12.2. The molecule has 0 amide bonds. The van der Waals surface area contributed by atoms with Gasteiger partial charge in [-0.3, -0.25) is 14.9 Å². The minimum absolute atomic E-state index is 0.00858. The predicted molar refractivity (Wildman–Crippen MR) is 126 cm³/mol. The standard InChI is InChI=1S/C24H30N2O6S/c1-18(2)23(25-33(30,31)22-16-14-21(15-17-22)26(28)29)12-8-5-9-13-24(32-19(3)27)20-10-6-4-7-11-20/h4,6-7,9-11,13-18,23-25H,5,8,12H2,1-3H3/b13-9+. The molecule has 0 aliphatic carbocycles. The Kier molecular flexibility index (Phi) is 9.74. The average molecular weight is 475 g/mol. The van der Waals surface area contributed by atoms with E-state index in [0.717, 1.165) is 12.0 Å². The molecule has 0 saturated carbocycles. The lowest BCUT2D eigenvalue weighted by atomic mass is 9.99. The van der Waals surface area contributed by atoms with E-state index in [9.17, 15) is 23.3 Å². The number of carbonyl (C=O) groups excluding carboxylic acids is 1. The molecule has 2 aromatic carbocycles. The third-order valence-electron chi connectivity index (χ3n) is 5.09. The zero-order valence-corrected chi connectivity index (χ0v) is 19.8. The molecule has 2 rings (SSSR count). The number of nitrogens with one attached hydrogen (secondary N) is 1. The van der Waals surface area contributed by atoms with Crippen LogP contribution in [0.25, 0.3) is 0 Å². The van der Waals surface area contributed by atoms with E-state index in [4.69, 9.17) is 4.74 Å². The highest BCUT2D eigenvalue weighted by molar-refractivity contribution is 7.89. The Morgan fingerprint density at radius 1 is 1.12 bits per heavy atom. The van der Waals surface area contributed by atoms with Gasteiger partial charge in [-0.05, 0) is 49.0 Å². The fourth-order valence-corrected chi connectivity index (χ4v) is 4.68. The van der Waals surface area contributed by atoms with Gasteiger partial charge in [0.15, 0.2) is 0 Å². The van der Waals surface area contributed by atoms with Crippen molar-refractivity contribution >= 4 is 21.7 Å². The molecule has 0 aromatic heterocycles. The van der Waals surface area contributed by atoms with Crippen LogP contribution in [0.1, 0.15) is 51.7 Å². The molecule has 0 aliphatic rings. The minimum atomic E-state index is -3.80. The number of ether oxygens (including phenoxy) is 1. The van der Waals surface area contributed by atoms with Crippen LogP contribution >= 0.6 is 0 Å². The Bertz CT molecular complexity index is 1050. The quantitative estimate of drug-likeness (QED) is 0.153. The summed E-state index contributed by atoms with van der Waals surface area (Å²) in [6.07, 6.45) is 5.32. The Labute approximate surface area is 194 Å². The van der Waals surface area contributed by atoms with Crippen LogP contribution in [0.2, 0.25) is 0 Å². The second-order valence-electron chi connectivity index (χ2n) is 8.02. The Balaban J connectivity index is 1.96. The molecule has 2 atom stereocenters. The lowest BCUT2D eigenvalue weighted by Gasteiger charge is -2.22. The van der Waals surface area contributed by atoms with Gasteiger partial charge in [0.1, 0.15) is 6.10 Å². The number of nitro benzene ring substituents is 1. The molecule has 0 spiro atoms. The first kappa shape index (κ1) is 26.2. The molecular weight excluding hydrogens is 444 g/mol. The number of benzene rings is 2. The van der Waals surface area contributed by atoms with Gasteiger partial charge in [-0.1, -0.05) is 50.3 Å². The molecule has 2 unspecified atom stereocenters. The summed E-state index contributed by atoms with van der Waals surface area (Å²) in [5.74, 6) is -0.311. The fourth-order valence-electron chi connectivity index (χ4n) is 3.26. The Morgan fingerprint density at radius 3 is 2.30 bits per heavy atom. The summed E-state index contributed by atoms with van der Waals surface area (Å²) in [5.41, 5.74) is 0.712. The number of allylic oxidation sites excluding steroid dienone is 1. The van der Waals surface area contributed by atoms with E-state index in [1.54, 1.807) is 0 Å². The van der Waals surface area contributed by atoms with Gasteiger partial charge in [0.05, 0.1) is 9.82 Å². The second kappa shape index (κ2) is 12.3. The number of hydrogen-bond donors (Lipinski definition) is 1. The normalized spacial score (nSPS) is 13.7. The van der Waals surface area contributed by atoms with Crippen LogP contribution in [0.5, 0.6) is 0 Å². The topological polar surface area (TPSA) is 116 Å². The lowest BCUT2D eigenvalue weighted by molar-refractivity contribution is -0.384. The van der Waals surface area contributed by atoms with Gasteiger partial charge in [-0.15, -0.1) is 0 Å². The van der Waals surface area contributed by atoms with Crippen LogP contribution in [-0.4, -0.2) is 25.4 Å². The molecule has 0 heterocycles. The van der Waals surface area contributed by atoms with E-state index in [1.165, 1.54) is 31.2 Å². The summed E-state index contributed by atoms with van der Waals surface area (Å²) >= 11 is 0. The van der Waals surface area contributed by atoms with E-state index >= 15 is 0 Å². The molecule has 0 radical (unpaired) electrons. The Hall–Kier alpha value is -3.04. The number of unbranched alkanes of at least 4 members (excludes halogenated alkanes) is 1. The fraction of sp³-hybridized carbons (Fsp3) is 0.375. The van der Waals surface area contributed by atoms with Crippen LogP contribution in [-0.2, 0) is 19.6 Å². The number of rotatable bonds is 12. The number of hydrogen-bond acceptors (Lipinski definition) is 6. The van der Waals surface area contributed by atoms with Crippen molar-refractivity contribution in [1.29, 1.82) is 0 Å². The molecule has 1 N–H and O–H groups in total. The molecule has 9 heteroatoms. The van der Waals surface area contributed by atoms with Gasteiger partial charge < -0.3 is 4.74 Å². The number of carbonyl (C=O) groups is 1. The van der Waals surface area contributed by atoms with Gasteiger partial charge in [-0.2, -0.15) is 0 Å². The first-order valence-electron chi connectivity index (χ1n) is 10.8. The van der Waals surface area contributed by atoms with E-state index in [-0.39, 0.29) is 28.5 Å². The maximum atomic E-state index is 12.7. The average Bonchev–Trinajstić information content (AvgIpc) is 2.77. The number of sulfonamides is 1. The summed E-state index contributed by atoms with van der Waals surface area (Å²) in [7, 11) is -3.80. The SMILES string of the molecule is CC(=O)OC(/C=C/CCCC(NS(=O)(=O)c1ccc([N+](=O)[O-])cc1)C(C)C)c1ccccc1. The molecule has 8 nitrogen and oxygen atoms in total. The zero-order chi connectivity index (χ0) is 24.4. The number of nitrogens with zero attached hydrogens (tertiary/aromatic N) is 1. The highest BCUT2D eigenvalue weighted by atomic mass is 32.2. The molecule has 0 bridgehead atoms. The molecule has 0 fully saturated rings. The van der Waals surface area contributed by atoms with E-state index in [1.807, 2.05) is 56.3 Å². The zero-order valence-electron chi connectivity index (χ0n) is 19.0. The van der Waals surface area contributed by atoms with Crippen LogP contribution in [0.3, 0.4) is 0 Å². The summed E-state index contributed by atoms with van der Waals surface area (Å²) in [4.78, 5) is 21.6. The number of non-ortho nitro benzene ring substituents is 1. The summed E-state index contributed by atoms with van der Waals surface area (Å²) in [5, 5.41) is 10.8. The molecule has 0 saturated heterocycles. The van der Waals surface area contributed by atoms with E-state index in [2.05, 4.69) is 4.72 Å². The van der Waals surface area contributed by atoms with Crippen molar-refractivity contribution in [2.75, 3.05) is 0 Å². The van der Waals surface area contributed by atoms with Crippen molar-refractivity contribution < 1.29 is 22.9 Å². The van der Waals surface area contributed by atoms with E-state index < -0.39 is 21.1 Å². The highest BCUT2D eigenvalue weighted by Crippen LogP contribution is 2.21. The molecule has 178 valence electrons. The summed E-state index contributed by atoms with van der Waals surface area (Å²) in [6.45, 7) is 5.24. The molecule has 0 aliphatic heterocycles. The molecular formula is C24H30N2O6S. The third-order valence-corrected chi connectivity index (χ3v) is 6.59. The van der Waals surface area contributed by atoms with Crippen molar-refractivity contribution in [3.8, 4) is 0 Å². The van der Waals surface area contributed by atoms with Gasteiger partial charge in [0.25, 0.3) is 5.69 Å². The summed E-state index contributed by atoms with van der Waals surface area (Å²) < 4.78 is 33.5. The minimum Gasteiger partial charge on any atom is -0.453 e. The second-order valence-corrected chi connectivity index (χ2v) is 9.74. The Morgan fingerprint density at radius 2 is 1.76 bits per heavy atom. The van der Waals surface area contributed by atoms with Crippen molar-refractivity contribution in [3.05, 3.63) is 82.4 Å². The van der Waals surface area contributed by atoms with Crippen LogP contribution in [0, 0.1) is 16.0 Å². The predicted octanol–water partition coefficient (Wildman–Crippen LogP) is 4.93. The van der Waals surface area contributed by atoms with E-state index in [0.29, 0.717) is 12.8 Å². The van der Waals surface area contributed by atoms with Gasteiger partial charge in [0, 0.05) is 25.1 Å². The van der Waals surface area contributed by atoms with Crippen LogP contribution in [0.15, 0.2) is 71.6 Å². The monoisotopic (exact) mass is 474 g/mol. The maximum absolute atomic E-state index is 12.7. The van der Waals surface area contributed by atoms with Crippen molar-refractivity contribution in [2.24, 2.45) is 5.92 Å². The van der Waals surface area contributed by atoms with Crippen molar-refractivity contribution in [3.63, 3.8) is 0 Å². The highest BCUT2D eigenvalue weighted by Gasteiger charge is 2.23. The summed E-state index contributed by atoms with van der Waals surface area (Å²) in [6, 6.07) is 14.0. The van der Waals surface area contributed by atoms with Crippen LogP contribution < -0.4 is 4.72 Å². The van der Waals surface area contributed by atoms with Crippen molar-refractivity contribution in [1.82, 2.24) is 4.72 Å². The van der Waals surface area contributed by atoms with Crippen LogP contribution in [0.4, 0.5) is 5.69 Å². The van der Waals surface area contributed by atoms with Gasteiger partial charge in [0.2, 0.25) is 10.0 Å². The number of nitro groups is 1. The lowest BCUT2D eigenvalue weighted by Crippen LogP contribution is -2.38. The first-order chi connectivity index (χ1) is 15.6. The molecule has 2 aromatic rings. The van der Waals surface area contributed by atoms with Gasteiger partial charge in [-0.25, -0.2) is 13.1 Å². The third kappa shape index (κ3) is 8.43. The van der Waals surface area contributed by atoms with Gasteiger partial charge >= 0.3 is 5.97 Å². The smallest absolute Gasteiger partial charge is 0.303 e. The van der Waals surface area contributed by atoms with Crippen molar-refractivity contribution in [2.45, 2.75) is 57.1 Å². The maximum Gasteiger partial charge on any atom is 0.303 e. The number of esters is 1. The molecule has 33 heavy (non-hydrogen) atoms. The largest absolute Gasteiger partial charge is 0.453 e.